The normalized spacial score (nSPS) is 10.9. The molecule has 0 aromatic heterocycles. The van der Waals surface area contributed by atoms with Gasteiger partial charge in [0.2, 0.25) is 11.8 Å². The Kier molecular flexibility index (Phi) is 6.18. The van der Waals surface area contributed by atoms with Crippen LogP contribution in [-0.2, 0) is 15.8 Å². The molecule has 148 valence electrons. The zero-order valence-electron chi connectivity index (χ0n) is 14.5. The lowest BCUT2D eigenvalue weighted by Gasteiger charge is -2.11. The van der Waals surface area contributed by atoms with Crippen LogP contribution < -0.4 is 16.0 Å². The number of halogens is 3. The van der Waals surface area contributed by atoms with Crippen LogP contribution in [0.2, 0.25) is 0 Å². The van der Waals surface area contributed by atoms with Gasteiger partial charge in [-0.25, -0.2) is 0 Å². The minimum Gasteiger partial charge on any atom is -0.371 e. The maximum Gasteiger partial charge on any atom is 0.416 e. The standard InChI is InChI=1S/C17H15F3N4O4/c1-10(25)22-12-3-2-4-13(8-12)23-16(26)9-21-14-6-5-11(17(18,19)20)7-15(14)24(27)28/h2-8,21H,9H2,1H3,(H,22,25)(H,23,26). The topological polar surface area (TPSA) is 113 Å². The van der Waals surface area contributed by atoms with E-state index in [1.807, 2.05) is 0 Å². The molecule has 0 fully saturated rings. The molecule has 0 aliphatic carbocycles. The van der Waals surface area contributed by atoms with Crippen LogP contribution in [0.1, 0.15) is 12.5 Å². The van der Waals surface area contributed by atoms with Crippen molar-refractivity contribution in [3.05, 3.63) is 58.1 Å². The lowest BCUT2D eigenvalue weighted by molar-refractivity contribution is -0.384. The summed E-state index contributed by atoms with van der Waals surface area (Å²) in [6, 6.07) is 8.24. The van der Waals surface area contributed by atoms with Gasteiger partial charge in [0.25, 0.3) is 5.69 Å². The molecule has 0 aliphatic rings. The average Bonchev–Trinajstić information content (AvgIpc) is 2.58. The maximum absolute atomic E-state index is 12.7. The molecule has 0 spiro atoms. The van der Waals surface area contributed by atoms with E-state index < -0.39 is 34.8 Å². The van der Waals surface area contributed by atoms with E-state index in [-0.39, 0.29) is 11.6 Å². The molecule has 0 radical (unpaired) electrons. The predicted octanol–water partition coefficient (Wildman–Crippen LogP) is 3.62. The van der Waals surface area contributed by atoms with Crippen molar-refractivity contribution >= 4 is 34.6 Å². The van der Waals surface area contributed by atoms with Crippen molar-refractivity contribution < 1.29 is 27.7 Å². The molecule has 0 bridgehead atoms. The Bertz CT molecular complexity index is 916. The molecular weight excluding hydrogens is 381 g/mol. The monoisotopic (exact) mass is 396 g/mol. The fourth-order valence-electron chi connectivity index (χ4n) is 2.27. The molecule has 2 rings (SSSR count). The van der Waals surface area contributed by atoms with E-state index in [9.17, 15) is 32.9 Å². The average molecular weight is 396 g/mol. The summed E-state index contributed by atoms with van der Waals surface area (Å²) in [5.74, 6) is -0.881. The summed E-state index contributed by atoms with van der Waals surface area (Å²) in [7, 11) is 0. The van der Waals surface area contributed by atoms with Gasteiger partial charge in [-0.05, 0) is 30.3 Å². The van der Waals surface area contributed by atoms with Crippen molar-refractivity contribution in [2.24, 2.45) is 0 Å². The highest BCUT2D eigenvalue weighted by Crippen LogP contribution is 2.34. The molecule has 0 saturated carbocycles. The number of benzene rings is 2. The molecule has 8 nitrogen and oxygen atoms in total. The summed E-state index contributed by atoms with van der Waals surface area (Å²) in [5, 5.41) is 18.5. The number of hydrogen-bond donors (Lipinski definition) is 3. The Balaban J connectivity index is 2.06. The van der Waals surface area contributed by atoms with Gasteiger partial charge in [0.1, 0.15) is 5.69 Å². The molecule has 3 N–H and O–H groups in total. The van der Waals surface area contributed by atoms with Crippen molar-refractivity contribution in [3.63, 3.8) is 0 Å². The maximum atomic E-state index is 12.7. The molecule has 2 aromatic carbocycles. The summed E-state index contributed by atoms with van der Waals surface area (Å²) in [5.41, 5.74) is -1.36. The van der Waals surface area contributed by atoms with Gasteiger partial charge < -0.3 is 16.0 Å². The number of rotatable bonds is 6. The molecular formula is C17H15F3N4O4. The molecule has 2 amide bonds. The van der Waals surface area contributed by atoms with Crippen LogP contribution in [-0.4, -0.2) is 23.3 Å². The van der Waals surface area contributed by atoms with Gasteiger partial charge in [0.05, 0.1) is 17.0 Å². The Morgan fingerprint density at radius 2 is 1.71 bits per heavy atom. The number of anilines is 3. The molecule has 0 unspecified atom stereocenters. The minimum atomic E-state index is -4.72. The minimum absolute atomic E-state index is 0.222. The highest BCUT2D eigenvalue weighted by Gasteiger charge is 2.33. The first kappa shape index (κ1) is 20.7. The van der Waals surface area contributed by atoms with Gasteiger partial charge in [0.15, 0.2) is 0 Å². The molecule has 0 saturated heterocycles. The first-order valence-electron chi connectivity index (χ1n) is 7.83. The van der Waals surface area contributed by atoms with Crippen molar-refractivity contribution in [2.75, 3.05) is 22.5 Å². The van der Waals surface area contributed by atoms with E-state index in [1.54, 1.807) is 18.2 Å². The predicted molar refractivity (Wildman–Crippen MR) is 96.0 cm³/mol. The lowest BCUT2D eigenvalue weighted by Crippen LogP contribution is -2.22. The van der Waals surface area contributed by atoms with E-state index in [2.05, 4.69) is 16.0 Å². The number of nitrogens with one attached hydrogen (secondary N) is 3. The summed E-state index contributed by atoms with van der Waals surface area (Å²) < 4.78 is 38.1. The molecule has 0 aliphatic heterocycles. The third-order valence-corrected chi connectivity index (χ3v) is 3.43. The highest BCUT2D eigenvalue weighted by atomic mass is 19.4. The number of alkyl halides is 3. The van der Waals surface area contributed by atoms with E-state index in [4.69, 9.17) is 0 Å². The van der Waals surface area contributed by atoms with E-state index in [1.165, 1.54) is 13.0 Å². The van der Waals surface area contributed by atoms with Crippen LogP contribution in [0.4, 0.5) is 35.9 Å². The number of hydrogen-bond acceptors (Lipinski definition) is 5. The zero-order chi connectivity index (χ0) is 20.9. The zero-order valence-corrected chi connectivity index (χ0v) is 14.5. The van der Waals surface area contributed by atoms with Gasteiger partial charge in [-0.2, -0.15) is 13.2 Å². The second-order valence-corrected chi connectivity index (χ2v) is 5.65. The summed E-state index contributed by atoms with van der Waals surface area (Å²) in [6.45, 7) is 0.905. The van der Waals surface area contributed by atoms with Crippen LogP contribution in [0.5, 0.6) is 0 Å². The van der Waals surface area contributed by atoms with E-state index >= 15 is 0 Å². The van der Waals surface area contributed by atoms with Crippen LogP contribution in [0, 0.1) is 10.1 Å². The van der Waals surface area contributed by atoms with Gasteiger partial charge in [-0.3, -0.25) is 19.7 Å². The van der Waals surface area contributed by atoms with Crippen LogP contribution in [0.15, 0.2) is 42.5 Å². The summed E-state index contributed by atoms with van der Waals surface area (Å²) >= 11 is 0. The number of nitrogens with zero attached hydrogens (tertiary/aromatic N) is 1. The fourth-order valence-corrected chi connectivity index (χ4v) is 2.27. The van der Waals surface area contributed by atoms with Crippen LogP contribution in [0.3, 0.4) is 0 Å². The first-order valence-corrected chi connectivity index (χ1v) is 7.83. The summed E-state index contributed by atoms with van der Waals surface area (Å²) in [4.78, 5) is 33.1. The van der Waals surface area contributed by atoms with Crippen LogP contribution in [0.25, 0.3) is 0 Å². The highest BCUT2D eigenvalue weighted by molar-refractivity contribution is 5.95. The number of amides is 2. The number of carbonyl (C=O) groups is 2. The fraction of sp³-hybridized carbons (Fsp3) is 0.176. The number of nitro benzene ring substituents is 1. The molecule has 0 atom stereocenters. The van der Waals surface area contributed by atoms with E-state index in [0.29, 0.717) is 23.5 Å². The van der Waals surface area contributed by atoms with Crippen molar-refractivity contribution in [1.82, 2.24) is 0 Å². The Morgan fingerprint density at radius 3 is 2.29 bits per heavy atom. The van der Waals surface area contributed by atoms with Crippen molar-refractivity contribution in [3.8, 4) is 0 Å². The van der Waals surface area contributed by atoms with Crippen LogP contribution >= 0.6 is 0 Å². The third-order valence-electron chi connectivity index (χ3n) is 3.43. The SMILES string of the molecule is CC(=O)Nc1cccc(NC(=O)CNc2ccc(C(F)(F)F)cc2[N+](=O)[O-])c1. The molecule has 11 heteroatoms. The second-order valence-electron chi connectivity index (χ2n) is 5.65. The third kappa shape index (κ3) is 5.69. The van der Waals surface area contributed by atoms with Crippen molar-refractivity contribution in [1.29, 1.82) is 0 Å². The quantitative estimate of drug-likeness (QED) is 0.510. The number of nitro groups is 1. The largest absolute Gasteiger partial charge is 0.416 e. The van der Waals surface area contributed by atoms with Gasteiger partial charge in [-0.15, -0.1) is 0 Å². The number of carbonyl (C=O) groups excluding carboxylic acids is 2. The molecule has 0 heterocycles. The molecule has 28 heavy (non-hydrogen) atoms. The van der Waals surface area contributed by atoms with Gasteiger partial charge >= 0.3 is 6.18 Å². The Labute approximate surface area is 156 Å². The molecule has 2 aromatic rings. The smallest absolute Gasteiger partial charge is 0.371 e. The summed E-state index contributed by atoms with van der Waals surface area (Å²) in [6.07, 6.45) is -4.72. The lowest BCUT2D eigenvalue weighted by atomic mass is 10.1. The Hall–Kier alpha value is -3.63. The van der Waals surface area contributed by atoms with E-state index in [0.717, 1.165) is 6.07 Å². The van der Waals surface area contributed by atoms with Gasteiger partial charge in [-0.1, -0.05) is 6.07 Å². The Morgan fingerprint density at radius 1 is 1.07 bits per heavy atom. The van der Waals surface area contributed by atoms with Gasteiger partial charge in [0, 0.05) is 24.4 Å². The second kappa shape index (κ2) is 8.37. The van der Waals surface area contributed by atoms with Crippen molar-refractivity contribution in [2.45, 2.75) is 13.1 Å². The first-order chi connectivity index (χ1) is 13.1.